The Bertz CT molecular complexity index is 448. The van der Waals surface area contributed by atoms with Gasteiger partial charge in [0.25, 0.3) is 0 Å². The first-order valence-electron chi connectivity index (χ1n) is 7.59. The largest absolute Gasteiger partial charge is 0.339 e. The Morgan fingerprint density at radius 3 is 2.20 bits per heavy atom. The van der Waals surface area contributed by atoms with Crippen molar-refractivity contribution in [3.8, 4) is 0 Å². The zero-order valence-electron chi connectivity index (χ0n) is 11.9. The molecule has 20 heavy (non-hydrogen) atoms. The molecule has 2 N–H and O–H groups in total. The van der Waals surface area contributed by atoms with Gasteiger partial charge in [-0.1, -0.05) is 30.3 Å². The molecule has 0 radical (unpaired) electrons. The van der Waals surface area contributed by atoms with Gasteiger partial charge in [0.1, 0.15) is 0 Å². The summed E-state index contributed by atoms with van der Waals surface area (Å²) in [7, 11) is 0. The van der Waals surface area contributed by atoms with Gasteiger partial charge in [-0.25, -0.2) is 0 Å². The van der Waals surface area contributed by atoms with E-state index in [1.54, 1.807) is 0 Å². The molecule has 1 aromatic rings. The molecule has 4 nitrogen and oxygen atoms in total. The van der Waals surface area contributed by atoms with Crippen molar-refractivity contribution in [2.45, 2.75) is 18.3 Å². The van der Waals surface area contributed by atoms with Gasteiger partial charge < -0.3 is 15.5 Å². The third-order valence-electron chi connectivity index (χ3n) is 4.60. The molecule has 1 amide bonds. The van der Waals surface area contributed by atoms with E-state index >= 15 is 0 Å². The second-order valence-corrected chi connectivity index (χ2v) is 5.74. The number of hydrogen-bond donors (Lipinski definition) is 2. The summed E-state index contributed by atoms with van der Waals surface area (Å²) in [5, 5.41) is 6.70. The van der Waals surface area contributed by atoms with E-state index in [9.17, 15) is 4.79 Å². The van der Waals surface area contributed by atoms with Crippen LogP contribution in [0.25, 0.3) is 0 Å². The maximum Gasteiger partial charge on any atom is 0.233 e. The SMILES string of the molecule is O=C(N1CCNCC1)C1(c2ccccc2)CCNCC1. The molecular weight excluding hydrogens is 250 g/mol. The third kappa shape index (κ3) is 2.45. The Kier molecular flexibility index (Phi) is 4.03. The fraction of sp³-hybridized carbons (Fsp3) is 0.562. The molecule has 0 spiro atoms. The van der Waals surface area contributed by atoms with Crippen LogP contribution in [0.2, 0.25) is 0 Å². The number of carbonyl (C=O) groups is 1. The fourth-order valence-corrected chi connectivity index (χ4v) is 3.41. The van der Waals surface area contributed by atoms with Crippen LogP contribution >= 0.6 is 0 Å². The van der Waals surface area contributed by atoms with Gasteiger partial charge in [0.2, 0.25) is 5.91 Å². The number of nitrogens with zero attached hydrogens (tertiary/aromatic N) is 1. The minimum atomic E-state index is -0.316. The topological polar surface area (TPSA) is 44.4 Å². The molecule has 2 saturated heterocycles. The zero-order chi connectivity index (χ0) is 13.8. The number of piperazine rings is 1. The molecule has 0 aliphatic carbocycles. The molecule has 2 heterocycles. The van der Waals surface area contributed by atoms with Crippen LogP contribution in [0, 0.1) is 0 Å². The Morgan fingerprint density at radius 1 is 0.950 bits per heavy atom. The summed E-state index contributed by atoms with van der Waals surface area (Å²) in [6, 6.07) is 10.3. The molecule has 4 heteroatoms. The van der Waals surface area contributed by atoms with E-state index in [2.05, 4.69) is 27.7 Å². The molecular formula is C16H23N3O. The van der Waals surface area contributed by atoms with Crippen LogP contribution in [-0.2, 0) is 10.2 Å². The number of amides is 1. The number of carbonyl (C=O) groups excluding carboxylic acids is 1. The summed E-state index contributed by atoms with van der Waals surface area (Å²) in [4.78, 5) is 15.2. The maximum absolute atomic E-state index is 13.1. The van der Waals surface area contributed by atoms with Crippen LogP contribution in [0.5, 0.6) is 0 Å². The fourth-order valence-electron chi connectivity index (χ4n) is 3.41. The maximum atomic E-state index is 13.1. The van der Waals surface area contributed by atoms with E-state index in [-0.39, 0.29) is 5.41 Å². The van der Waals surface area contributed by atoms with E-state index in [0.29, 0.717) is 5.91 Å². The van der Waals surface area contributed by atoms with Crippen molar-refractivity contribution in [1.82, 2.24) is 15.5 Å². The van der Waals surface area contributed by atoms with E-state index in [1.165, 1.54) is 5.56 Å². The molecule has 2 fully saturated rings. The highest BCUT2D eigenvalue weighted by Crippen LogP contribution is 2.35. The molecule has 2 aliphatic rings. The van der Waals surface area contributed by atoms with Gasteiger partial charge in [0, 0.05) is 26.2 Å². The van der Waals surface area contributed by atoms with Crippen LogP contribution in [0.3, 0.4) is 0 Å². The Balaban J connectivity index is 1.91. The average molecular weight is 273 g/mol. The number of piperidine rings is 1. The molecule has 0 bridgehead atoms. The average Bonchev–Trinajstić information content (AvgIpc) is 2.56. The van der Waals surface area contributed by atoms with E-state index in [0.717, 1.165) is 52.1 Å². The third-order valence-corrected chi connectivity index (χ3v) is 4.60. The molecule has 0 aromatic heterocycles. The van der Waals surface area contributed by atoms with Crippen molar-refractivity contribution in [3.63, 3.8) is 0 Å². The van der Waals surface area contributed by atoms with Gasteiger partial charge in [0.05, 0.1) is 5.41 Å². The lowest BCUT2D eigenvalue weighted by molar-refractivity contribution is -0.139. The van der Waals surface area contributed by atoms with Crippen molar-refractivity contribution in [2.24, 2.45) is 0 Å². The highest BCUT2D eigenvalue weighted by Gasteiger charge is 2.43. The van der Waals surface area contributed by atoms with Gasteiger partial charge in [-0.05, 0) is 31.5 Å². The molecule has 108 valence electrons. The first-order valence-corrected chi connectivity index (χ1v) is 7.59. The zero-order valence-corrected chi connectivity index (χ0v) is 11.9. The molecule has 1 aromatic carbocycles. The summed E-state index contributed by atoms with van der Waals surface area (Å²) in [5.74, 6) is 0.326. The monoisotopic (exact) mass is 273 g/mol. The Labute approximate surface area is 120 Å². The molecule has 0 unspecified atom stereocenters. The Hall–Kier alpha value is -1.39. The van der Waals surface area contributed by atoms with E-state index in [1.807, 2.05) is 18.2 Å². The highest BCUT2D eigenvalue weighted by atomic mass is 16.2. The highest BCUT2D eigenvalue weighted by molar-refractivity contribution is 5.88. The molecule has 3 rings (SSSR count). The molecule has 0 atom stereocenters. The lowest BCUT2D eigenvalue weighted by atomic mass is 9.72. The van der Waals surface area contributed by atoms with Crippen LogP contribution in [0.4, 0.5) is 0 Å². The number of rotatable bonds is 2. The predicted octanol–water partition coefficient (Wildman–Crippen LogP) is 0.740. The summed E-state index contributed by atoms with van der Waals surface area (Å²) in [6.45, 7) is 5.34. The summed E-state index contributed by atoms with van der Waals surface area (Å²) in [5.41, 5.74) is 0.870. The minimum absolute atomic E-state index is 0.316. The van der Waals surface area contributed by atoms with Gasteiger partial charge in [0.15, 0.2) is 0 Å². The smallest absolute Gasteiger partial charge is 0.233 e. The Morgan fingerprint density at radius 2 is 1.55 bits per heavy atom. The predicted molar refractivity (Wildman–Crippen MR) is 79.7 cm³/mol. The van der Waals surface area contributed by atoms with Crippen LogP contribution in [0.15, 0.2) is 30.3 Å². The second-order valence-electron chi connectivity index (χ2n) is 5.74. The van der Waals surface area contributed by atoms with E-state index < -0.39 is 0 Å². The standard InChI is InChI=1S/C16H23N3O/c20-15(19-12-10-18-11-13-19)16(6-8-17-9-7-16)14-4-2-1-3-5-14/h1-5,17-18H,6-13H2. The van der Waals surface area contributed by atoms with Crippen molar-refractivity contribution >= 4 is 5.91 Å². The van der Waals surface area contributed by atoms with Crippen molar-refractivity contribution in [3.05, 3.63) is 35.9 Å². The lowest BCUT2D eigenvalue weighted by Gasteiger charge is -2.41. The van der Waals surface area contributed by atoms with Crippen LogP contribution in [-0.4, -0.2) is 50.1 Å². The van der Waals surface area contributed by atoms with Gasteiger partial charge >= 0.3 is 0 Å². The van der Waals surface area contributed by atoms with Gasteiger partial charge in [-0.15, -0.1) is 0 Å². The number of nitrogens with one attached hydrogen (secondary N) is 2. The summed E-state index contributed by atoms with van der Waals surface area (Å²) in [6.07, 6.45) is 1.81. The molecule has 0 saturated carbocycles. The molecule has 2 aliphatic heterocycles. The van der Waals surface area contributed by atoms with Crippen molar-refractivity contribution in [1.29, 1.82) is 0 Å². The van der Waals surface area contributed by atoms with E-state index in [4.69, 9.17) is 0 Å². The summed E-state index contributed by atoms with van der Waals surface area (Å²) < 4.78 is 0. The second kappa shape index (κ2) is 5.94. The normalized spacial score (nSPS) is 22.5. The van der Waals surface area contributed by atoms with Crippen molar-refractivity contribution < 1.29 is 4.79 Å². The first kappa shape index (κ1) is 13.6. The summed E-state index contributed by atoms with van der Waals surface area (Å²) >= 11 is 0. The van der Waals surface area contributed by atoms with Crippen molar-refractivity contribution in [2.75, 3.05) is 39.3 Å². The van der Waals surface area contributed by atoms with Crippen LogP contribution in [0.1, 0.15) is 18.4 Å². The van der Waals surface area contributed by atoms with Gasteiger partial charge in [-0.3, -0.25) is 4.79 Å². The van der Waals surface area contributed by atoms with Crippen LogP contribution < -0.4 is 10.6 Å². The number of benzene rings is 1. The lowest BCUT2D eigenvalue weighted by Crippen LogP contribution is -2.56. The first-order chi connectivity index (χ1) is 9.83. The number of hydrogen-bond acceptors (Lipinski definition) is 3. The minimum Gasteiger partial charge on any atom is -0.339 e. The van der Waals surface area contributed by atoms with Gasteiger partial charge in [-0.2, -0.15) is 0 Å². The quantitative estimate of drug-likeness (QED) is 0.835.